The normalized spacial score (nSPS) is 15.6. The van der Waals surface area contributed by atoms with Gasteiger partial charge < -0.3 is 20.7 Å². The van der Waals surface area contributed by atoms with Gasteiger partial charge in [0.2, 0.25) is 0 Å². The SMILES string of the molecule is O=C(NCCCOC1CCNCC1)NCc1ccccc1. The summed E-state index contributed by atoms with van der Waals surface area (Å²) in [6.07, 6.45) is 3.41. The lowest BCUT2D eigenvalue weighted by Crippen LogP contribution is -2.36. The average molecular weight is 291 g/mol. The average Bonchev–Trinajstić information content (AvgIpc) is 2.54. The minimum absolute atomic E-state index is 0.124. The Bertz CT molecular complexity index is 405. The van der Waals surface area contributed by atoms with E-state index in [1.54, 1.807) is 0 Å². The quantitative estimate of drug-likeness (QED) is 0.669. The van der Waals surface area contributed by atoms with Gasteiger partial charge in [-0.2, -0.15) is 0 Å². The Hall–Kier alpha value is -1.59. The summed E-state index contributed by atoms with van der Waals surface area (Å²) in [6, 6.07) is 9.76. The molecule has 21 heavy (non-hydrogen) atoms. The second-order valence-corrected chi connectivity index (χ2v) is 5.27. The molecule has 1 aromatic carbocycles. The van der Waals surface area contributed by atoms with Gasteiger partial charge in [0.05, 0.1) is 6.10 Å². The number of carbonyl (C=O) groups is 1. The van der Waals surface area contributed by atoms with E-state index >= 15 is 0 Å². The Morgan fingerprint density at radius 2 is 1.95 bits per heavy atom. The van der Waals surface area contributed by atoms with Gasteiger partial charge in [0.15, 0.2) is 0 Å². The van der Waals surface area contributed by atoms with Gasteiger partial charge in [-0.3, -0.25) is 0 Å². The van der Waals surface area contributed by atoms with Gasteiger partial charge in [0.1, 0.15) is 0 Å². The van der Waals surface area contributed by atoms with Crippen LogP contribution in [0, 0.1) is 0 Å². The summed E-state index contributed by atoms with van der Waals surface area (Å²) in [5, 5.41) is 9.00. The van der Waals surface area contributed by atoms with Gasteiger partial charge in [-0.05, 0) is 37.9 Å². The Morgan fingerprint density at radius 1 is 1.19 bits per heavy atom. The molecule has 116 valence electrons. The summed E-state index contributed by atoms with van der Waals surface area (Å²) in [4.78, 5) is 11.6. The maximum absolute atomic E-state index is 11.6. The van der Waals surface area contributed by atoms with E-state index in [0.717, 1.165) is 37.9 Å². The fourth-order valence-corrected chi connectivity index (χ4v) is 2.33. The molecule has 0 aromatic heterocycles. The molecule has 0 radical (unpaired) electrons. The Balaban J connectivity index is 1.47. The molecule has 1 saturated heterocycles. The second kappa shape index (κ2) is 9.37. The molecule has 1 aromatic rings. The highest BCUT2D eigenvalue weighted by molar-refractivity contribution is 5.73. The Morgan fingerprint density at radius 3 is 2.71 bits per heavy atom. The van der Waals surface area contributed by atoms with Crippen LogP contribution in [0.5, 0.6) is 0 Å². The first-order chi connectivity index (χ1) is 10.3. The molecule has 0 bridgehead atoms. The van der Waals surface area contributed by atoms with Crippen LogP contribution in [0.4, 0.5) is 4.79 Å². The van der Waals surface area contributed by atoms with Crippen molar-refractivity contribution in [1.82, 2.24) is 16.0 Å². The van der Waals surface area contributed by atoms with Crippen LogP contribution < -0.4 is 16.0 Å². The number of hydrogen-bond donors (Lipinski definition) is 3. The number of hydrogen-bond acceptors (Lipinski definition) is 3. The van der Waals surface area contributed by atoms with E-state index in [9.17, 15) is 4.79 Å². The van der Waals surface area contributed by atoms with Gasteiger partial charge in [0.25, 0.3) is 0 Å². The number of piperidine rings is 1. The molecule has 2 amide bonds. The number of urea groups is 1. The molecule has 0 unspecified atom stereocenters. The number of benzene rings is 1. The van der Waals surface area contributed by atoms with Crippen molar-refractivity contribution in [2.24, 2.45) is 0 Å². The maximum atomic E-state index is 11.6. The van der Waals surface area contributed by atoms with Gasteiger partial charge in [0, 0.05) is 19.7 Å². The second-order valence-electron chi connectivity index (χ2n) is 5.27. The number of nitrogens with one attached hydrogen (secondary N) is 3. The largest absolute Gasteiger partial charge is 0.378 e. The van der Waals surface area contributed by atoms with E-state index in [1.165, 1.54) is 0 Å². The zero-order chi connectivity index (χ0) is 14.8. The van der Waals surface area contributed by atoms with Crippen LogP contribution in [-0.2, 0) is 11.3 Å². The van der Waals surface area contributed by atoms with Crippen molar-refractivity contribution in [3.63, 3.8) is 0 Å². The van der Waals surface area contributed by atoms with Crippen LogP contribution in [0.3, 0.4) is 0 Å². The summed E-state index contributed by atoms with van der Waals surface area (Å²) >= 11 is 0. The van der Waals surface area contributed by atoms with Crippen molar-refractivity contribution in [3.8, 4) is 0 Å². The van der Waals surface area contributed by atoms with Crippen molar-refractivity contribution in [1.29, 1.82) is 0 Å². The van der Waals surface area contributed by atoms with Crippen LogP contribution in [0.25, 0.3) is 0 Å². The summed E-state index contributed by atoms with van der Waals surface area (Å²) in [5.74, 6) is 0. The third kappa shape index (κ3) is 6.60. The predicted molar refractivity (Wildman–Crippen MR) is 83.1 cm³/mol. The fraction of sp³-hybridized carbons (Fsp3) is 0.562. The van der Waals surface area contributed by atoms with Gasteiger partial charge in [-0.15, -0.1) is 0 Å². The number of rotatable bonds is 7. The molecule has 0 atom stereocenters. The standard InChI is InChI=1S/C16H25N3O2/c20-16(19-13-14-5-2-1-3-6-14)18-9-4-12-21-15-7-10-17-11-8-15/h1-3,5-6,15,17H,4,7-13H2,(H2,18,19,20). The molecule has 0 spiro atoms. The molecule has 0 aliphatic carbocycles. The van der Waals surface area contributed by atoms with Crippen molar-refractivity contribution in [2.45, 2.75) is 31.9 Å². The third-order valence-electron chi connectivity index (χ3n) is 3.54. The van der Waals surface area contributed by atoms with E-state index in [-0.39, 0.29) is 6.03 Å². The summed E-state index contributed by atoms with van der Waals surface area (Å²) in [7, 11) is 0. The highest BCUT2D eigenvalue weighted by atomic mass is 16.5. The Labute approximate surface area is 126 Å². The lowest BCUT2D eigenvalue weighted by molar-refractivity contribution is 0.0320. The molecule has 5 heteroatoms. The first kappa shape index (κ1) is 15.8. The van der Waals surface area contributed by atoms with Crippen molar-refractivity contribution < 1.29 is 9.53 Å². The van der Waals surface area contributed by atoms with Crippen molar-refractivity contribution >= 4 is 6.03 Å². The lowest BCUT2D eigenvalue weighted by atomic mass is 10.1. The predicted octanol–water partition coefficient (Wildman–Crippen LogP) is 1.64. The van der Waals surface area contributed by atoms with E-state index in [1.807, 2.05) is 30.3 Å². The first-order valence-corrected chi connectivity index (χ1v) is 7.72. The highest BCUT2D eigenvalue weighted by Gasteiger charge is 2.12. The molecule has 3 N–H and O–H groups in total. The summed E-state index contributed by atoms with van der Waals surface area (Å²) in [6.45, 7) is 4.00. The van der Waals surface area contributed by atoms with E-state index in [0.29, 0.717) is 25.8 Å². The molecular formula is C16H25N3O2. The molecule has 2 rings (SSSR count). The van der Waals surface area contributed by atoms with Gasteiger partial charge in [-0.25, -0.2) is 4.79 Å². The van der Waals surface area contributed by atoms with Crippen LogP contribution >= 0.6 is 0 Å². The Kier molecular flexibility index (Phi) is 7.04. The van der Waals surface area contributed by atoms with E-state index < -0.39 is 0 Å². The zero-order valence-electron chi connectivity index (χ0n) is 12.4. The number of amides is 2. The van der Waals surface area contributed by atoms with Crippen LogP contribution in [0.2, 0.25) is 0 Å². The topological polar surface area (TPSA) is 62.4 Å². The molecule has 1 fully saturated rings. The minimum Gasteiger partial charge on any atom is -0.378 e. The monoisotopic (exact) mass is 291 g/mol. The summed E-state index contributed by atoms with van der Waals surface area (Å²) in [5.41, 5.74) is 1.10. The van der Waals surface area contributed by atoms with E-state index in [4.69, 9.17) is 4.74 Å². The first-order valence-electron chi connectivity index (χ1n) is 7.72. The third-order valence-corrected chi connectivity index (χ3v) is 3.54. The van der Waals surface area contributed by atoms with Crippen molar-refractivity contribution in [2.75, 3.05) is 26.2 Å². The van der Waals surface area contributed by atoms with E-state index in [2.05, 4.69) is 16.0 Å². The minimum atomic E-state index is -0.124. The molecule has 1 aliphatic rings. The number of ether oxygens (including phenoxy) is 1. The lowest BCUT2D eigenvalue weighted by Gasteiger charge is -2.22. The summed E-state index contributed by atoms with van der Waals surface area (Å²) < 4.78 is 5.78. The molecular weight excluding hydrogens is 266 g/mol. The maximum Gasteiger partial charge on any atom is 0.315 e. The molecule has 0 saturated carbocycles. The molecule has 5 nitrogen and oxygen atoms in total. The number of carbonyl (C=O) groups excluding carboxylic acids is 1. The van der Waals surface area contributed by atoms with Gasteiger partial charge >= 0.3 is 6.03 Å². The van der Waals surface area contributed by atoms with Gasteiger partial charge in [-0.1, -0.05) is 30.3 Å². The van der Waals surface area contributed by atoms with Crippen LogP contribution in [0.1, 0.15) is 24.8 Å². The highest BCUT2D eigenvalue weighted by Crippen LogP contribution is 2.07. The zero-order valence-corrected chi connectivity index (χ0v) is 12.4. The molecule has 1 heterocycles. The van der Waals surface area contributed by atoms with Crippen LogP contribution in [-0.4, -0.2) is 38.4 Å². The smallest absolute Gasteiger partial charge is 0.315 e. The molecule has 1 aliphatic heterocycles. The fourth-order valence-electron chi connectivity index (χ4n) is 2.33. The van der Waals surface area contributed by atoms with Crippen LogP contribution in [0.15, 0.2) is 30.3 Å². The van der Waals surface area contributed by atoms with Crippen molar-refractivity contribution in [3.05, 3.63) is 35.9 Å².